The van der Waals surface area contributed by atoms with Crippen molar-refractivity contribution in [3.63, 3.8) is 0 Å². The summed E-state index contributed by atoms with van der Waals surface area (Å²) in [5, 5.41) is 2.94. The highest BCUT2D eigenvalue weighted by Gasteiger charge is 2.20. The summed E-state index contributed by atoms with van der Waals surface area (Å²) in [6.07, 6.45) is 5.01. The molecule has 0 atom stereocenters. The van der Waals surface area contributed by atoms with Crippen LogP contribution in [-0.4, -0.2) is 30.4 Å². The summed E-state index contributed by atoms with van der Waals surface area (Å²) in [6, 6.07) is 5.41. The van der Waals surface area contributed by atoms with Crippen molar-refractivity contribution in [2.45, 2.75) is 32.6 Å². The summed E-state index contributed by atoms with van der Waals surface area (Å²) in [5.74, 6) is 0.884. The van der Waals surface area contributed by atoms with E-state index in [4.69, 9.17) is 5.73 Å². The molecule has 0 spiro atoms. The van der Waals surface area contributed by atoms with Crippen molar-refractivity contribution in [3.05, 3.63) is 22.7 Å². The molecule has 0 radical (unpaired) electrons. The first kappa shape index (κ1) is 16.3. The number of carbonyl (C=O) groups excluding carboxylic acids is 1. The van der Waals surface area contributed by atoms with Gasteiger partial charge in [-0.25, -0.2) is 0 Å². The molecule has 2 rings (SSSR count). The smallest absolute Gasteiger partial charge is 0.238 e. The number of carbonyl (C=O) groups is 1. The highest BCUT2D eigenvalue weighted by molar-refractivity contribution is 9.10. The number of nitrogens with one attached hydrogen (secondary N) is 1. The summed E-state index contributed by atoms with van der Waals surface area (Å²) in [6.45, 7) is 4.77. The van der Waals surface area contributed by atoms with Crippen molar-refractivity contribution in [2.24, 2.45) is 5.92 Å². The van der Waals surface area contributed by atoms with Crippen molar-refractivity contribution in [1.82, 2.24) is 4.90 Å². The number of likely N-dealkylation sites (tertiary alicyclic amines) is 1. The average Bonchev–Trinajstić information content (AvgIpc) is 2.44. The van der Waals surface area contributed by atoms with E-state index >= 15 is 0 Å². The maximum absolute atomic E-state index is 12.1. The second kappa shape index (κ2) is 7.80. The van der Waals surface area contributed by atoms with Gasteiger partial charge in [-0.2, -0.15) is 0 Å². The number of rotatable bonds is 5. The number of benzene rings is 1. The van der Waals surface area contributed by atoms with E-state index in [0.29, 0.717) is 12.2 Å². The van der Waals surface area contributed by atoms with Gasteiger partial charge in [0, 0.05) is 10.2 Å². The number of nitrogen functional groups attached to an aromatic ring is 1. The Balaban J connectivity index is 1.80. The normalized spacial score (nSPS) is 16.9. The van der Waals surface area contributed by atoms with Crippen LogP contribution in [0.3, 0.4) is 0 Å². The Kier molecular flexibility index (Phi) is 6.06. The van der Waals surface area contributed by atoms with E-state index in [-0.39, 0.29) is 5.91 Å². The maximum Gasteiger partial charge on any atom is 0.238 e. The van der Waals surface area contributed by atoms with Crippen LogP contribution in [0.1, 0.15) is 32.6 Å². The Morgan fingerprint density at radius 1 is 1.43 bits per heavy atom. The molecule has 116 valence electrons. The summed E-state index contributed by atoms with van der Waals surface area (Å²) in [5.41, 5.74) is 7.15. The lowest BCUT2D eigenvalue weighted by Crippen LogP contribution is -2.39. The standard InChI is InChI=1S/C16H24BrN3O/c1-2-3-12-6-8-20(9-7-12)11-16(21)19-15-5-4-13(18)10-14(15)17/h4-5,10,12H,2-3,6-9,11,18H2,1H3,(H,19,21). The van der Waals surface area contributed by atoms with E-state index in [9.17, 15) is 4.79 Å². The van der Waals surface area contributed by atoms with Gasteiger partial charge in [-0.3, -0.25) is 9.69 Å². The Morgan fingerprint density at radius 2 is 2.14 bits per heavy atom. The van der Waals surface area contributed by atoms with E-state index in [1.807, 2.05) is 6.07 Å². The molecular weight excluding hydrogens is 330 g/mol. The van der Waals surface area contributed by atoms with Crippen LogP contribution >= 0.6 is 15.9 Å². The van der Waals surface area contributed by atoms with Crippen LogP contribution in [0, 0.1) is 5.92 Å². The Bertz CT molecular complexity index is 484. The van der Waals surface area contributed by atoms with Gasteiger partial charge in [0.25, 0.3) is 0 Å². The molecule has 3 N–H and O–H groups in total. The van der Waals surface area contributed by atoms with Crippen LogP contribution in [0.15, 0.2) is 22.7 Å². The minimum Gasteiger partial charge on any atom is -0.399 e. The second-order valence-corrected chi connectivity index (χ2v) is 6.65. The van der Waals surface area contributed by atoms with Crippen molar-refractivity contribution < 1.29 is 4.79 Å². The number of nitrogens with zero attached hydrogens (tertiary/aromatic N) is 1. The molecule has 0 saturated carbocycles. The third-order valence-electron chi connectivity index (χ3n) is 4.04. The molecule has 5 heteroatoms. The zero-order valence-corrected chi connectivity index (χ0v) is 14.2. The minimum atomic E-state index is 0.0365. The fourth-order valence-corrected chi connectivity index (χ4v) is 3.36. The molecule has 1 saturated heterocycles. The van der Waals surface area contributed by atoms with Crippen LogP contribution in [0.25, 0.3) is 0 Å². The molecule has 0 bridgehead atoms. The Hall–Kier alpha value is -1.07. The summed E-state index contributed by atoms with van der Waals surface area (Å²) in [7, 11) is 0. The Labute approximate surface area is 135 Å². The molecule has 1 heterocycles. The fraction of sp³-hybridized carbons (Fsp3) is 0.562. The maximum atomic E-state index is 12.1. The van der Waals surface area contributed by atoms with E-state index in [2.05, 4.69) is 33.1 Å². The number of piperidine rings is 1. The zero-order valence-electron chi connectivity index (χ0n) is 12.6. The summed E-state index contributed by atoms with van der Waals surface area (Å²) in [4.78, 5) is 14.4. The summed E-state index contributed by atoms with van der Waals surface area (Å²) >= 11 is 3.42. The molecule has 1 aromatic carbocycles. The number of halogens is 1. The zero-order chi connectivity index (χ0) is 15.2. The van der Waals surface area contributed by atoms with Crippen molar-refractivity contribution in [3.8, 4) is 0 Å². The highest BCUT2D eigenvalue weighted by atomic mass is 79.9. The first-order chi connectivity index (χ1) is 10.1. The molecule has 1 aliphatic heterocycles. The predicted molar refractivity (Wildman–Crippen MR) is 91.3 cm³/mol. The lowest BCUT2D eigenvalue weighted by molar-refractivity contribution is -0.117. The van der Waals surface area contributed by atoms with E-state index in [1.165, 1.54) is 25.7 Å². The van der Waals surface area contributed by atoms with Crippen LogP contribution in [0.2, 0.25) is 0 Å². The largest absolute Gasteiger partial charge is 0.399 e. The van der Waals surface area contributed by atoms with Crippen LogP contribution in [0.5, 0.6) is 0 Å². The van der Waals surface area contributed by atoms with Gasteiger partial charge < -0.3 is 11.1 Å². The number of nitrogens with two attached hydrogens (primary N) is 1. The van der Waals surface area contributed by atoms with E-state index in [1.54, 1.807) is 12.1 Å². The minimum absolute atomic E-state index is 0.0365. The molecule has 21 heavy (non-hydrogen) atoms. The van der Waals surface area contributed by atoms with Gasteiger partial charge in [-0.1, -0.05) is 19.8 Å². The molecule has 1 aliphatic rings. The van der Waals surface area contributed by atoms with E-state index in [0.717, 1.165) is 29.2 Å². The first-order valence-electron chi connectivity index (χ1n) is 7.65. The second-order valence-electron chi connectivity index (χ2n) is 5.80. The van der Waals surface area contributed by atoms with Crippen molar-refractivity contribution in [1.29, 1.82) is 0 Å². The lowest BCUT2D eigenvalue weighted by atomic mass is 9.92. The fourth-order valence-electron chi connectivity index (χ4n) is 2.87. The van der Waals surface area contributed by atoms with Gasteiger partial charge in [-0.05, 0) is 66.0 Å². The molecule has 4 nitrogen and oxygen atoms in total. The molecule has 0 unspecified atom stereocenters. The molecule has 1 fully saturated rings. The summed E-state index contributed by atoms with van der Waals surface area (Å²) < 4.78 is 0.817. The third kappa shape index (κ3) is 5.00. The topological polar surface area (TPSA) is 58.4 Å². The van der Waals surface area contributed by atoms with Crippen molar-refractivity contribution in [2.75, 3.05) is 30.7 Å². The van der Waals surface area contributed by atoms with Gasteiger partial charge >= 0.3 is 0 Å². The number of amides is 1. The molecule has 1 amide bonds. The molecule has 0 aromatic heterocycles. The monoisotopic (exact) mass is 353 g/mol. The molecule has 1 aromatic rings. The average molecular weight is 354 g/mol. The van der Waals surface area contributed by atoms with Gasteiger partial charge in [-0.15, -0.1) is 0 Å². The quantitative estimate of drug-likeness (QED) is 0.796. The van der Waals surface area contributed by atoms with E-state index < -0.39 is 0 Å². The third-order valence-corrected chi connectivity index (χ3v) is 4.69. The SMILES string of the molecule is CCCC1CCN(CC(=O)Nc2ccc(N)cc2Br)CC1. The van der Waals surface area contributed by atoms with Gasteiger partial charge in [0.05, 0.1) is 12.2 Å². The number of anilines is 2. The Morgan fingerprint density at radius 3 is 2.76 bits per heavy atom. The number of hydrogen-bond donors (Lipinski definition) is 2. The highest BCUT2D eigenvalue weighted by Crippen LogP contribution is 2.25. The van der Waals surface area contributed by atoms with Gasteiger partial charge in [0.1, 0.15) is 0 Å². The first-order valence-corrected chi connectivity index (χ1v) is 8.45. The van der Waals surface area contributed by atoms with Crippen molar-refractivity contribution >= 4 is 33.2 Å². The predicted octanol–water partition coefficient (Wildman–Crippen LogP) is 3.48. The van der Waals surface area contributed by atoms with Crippen LogP contribution in [-0.2, 0) is 4.79 Å². The number of hydrogen-bond acceptors (Lipinski definition) is 3. The van der Waals surface area contributed by atoms with Crippen LogP contribution in [0.4, 0.5) is 11.4 Å². The van der Waals surface area contributed by atoms with Gasteiger partial charge in [0.15, 0.2) is 0 Å². The van der Waals surface area contributed by atoms with Gasteiger partial charge in [0.2, 0.25) is 5.91 Å². The lowest BCUT2D eigenvalue weighted by Gasteiger charge is -2.31. The molecule has 0 aliphatic carbocycles. The van der Waals surface area contributed by atoms with Crippen LogP contribution < -0.4 is 11.1 Å². The molecular formula is C16H24BrN3O.